The topological polar surface area (TPSA) is 86.7 Å². The van der Waals surface area contributed by atoms with Gasteiger partial charge in [0.05, 0.1) is 0 Å². The van der Waals surface area contributed by atoms with E-state index < -0.39 is 18.4 Å². The molecule has 6 heteroatoms. The molecule has 0 aromatic heterocycles. The van der Waals surface area contributed by atoms with Crippen LogP contribution >= 0.6 is 0 Å². The third-order valence-electron chi connectivity index (χ3n) is 3.24. The molecule has 20 heavy (non-hydrogen) atoms. The van der Waals surface area contributed by atoms with E-state index in [1.807, 2.05) is 6.92 Å². The molecule has 0 aliphatic carbocycles. The van der Waals surface area contributed by atoms with Crippen LogP contribution in [0.25, 0.3) is 0 Å². The van der Waals surface area contributed by atoms with Gasteiger partial charge in [-0.25, -0.2) is 0 Å². The van der Waals surface area contributed by atoms with Crippen LogP contribution in [0.4, 0.5) is 5.69 Å². The summed E-state index contributed by atoms with van der Waals surface area (Å²) in [7, 11) is 0. The maximum Gasteiger partial charge on any atom is 0.322 e. The van der Waals surface area contributed by atoms with Crippen molar-refractivity contribution < 1.29 is 19.5 Å². The van der Waals surface area contributed by atoms with Crippen molar-refractivity contribution in [2.45, 2.75) is 19.8 Å². The molecule has 0 unspecified atom stereocenters. The predicted octanol–water partition coefficient (Wildman–Crippen LogP) is 0.800. The van der Waals surface area contributed by atoms with Crippen LogP contribution in [0.3, 0.4) is 0 Å². The molecule has 1 aromatic carbocycles. The Morgan fingerprint density at radius 2 is 2.10 bits per heavy atom. The van der Waals surface area contributed by atoms with Crippen molar-refractivity contribution in [2.75, 3.05) is 18.0 Å². The Labute approximate surface area is 116 Å². The van der Waals surface area contributed by atoms with Gasteiger partial charge in [0.15, 0.2) is 0 Å². The number of aliphatic carboxylic acids is 1. The fourth-order valence-corrected chi connectivity index (χ4v) is 2.25. The zero-order valence-corrected chi connectivity index (χ0v) is 11.2. The lowest BCUT2D eigenvalue weighted by Crippen LogP contribution is -2.29. The maximum absolute atomic E-state index is 11.8. The number of anilines is 1. The fraction of sp³-hybridized carbons (Fsp3) is 0.357. The molecule has 1 aromatic rings. The van der Waals surface area contributed by atoms with Crippen molar-refractivity contribution in [1.82, 2.24) is 5.32 Å². The summed E-state index contributed by atoms with van der Waals surface area (Å²) in [4.78, 5) is 35.7. The Morgan fingerprint density at radius 1 is 1.35 bits per heavy atom. The minimum atomic E-state index is -1.08. The zero-order valence-electron chi connectivity index (χ0n) is 11.2. The summed E-state index contributed by atoms with van der Waals surface area (Å²) in [5.41, 5.74) is 2.19. The lowest BCUT2D eigenvalue weighted by Gasteiger charge is -2.16. The number of nitrogens with zero attached hydrogens (tertiary/aromatic N) is 1. The monoisotopic (exact) mass is 276 g/mol. The van der Waals surface area contributed by atoms with Gasteiger partial charge in [0.1, 0.15) is 6.54 Å². The standard InChI is InChI=1S/C14H16N2O4/c1-2-12(17)16-6-5-9-7-10(3-4-11(9)16)14(20)15-8-13(18)19/h3-4,7H,2,5-6,8H2,1H3,(H,15,20)(H,18,19). The highest BCUT2D eigenvalue weighted by molar-refractivity contribution is 5.99. The summed E-state index contributed by atoms with van der Waals surface area (Å²) < 4.78 is 0. The summed E-state index contributed by atoms with van der Waals surface area (Å²) in [5.74, 6) is -1.44. The van der Waals surface area contributed by atoms with E-state index in [9.17, 15) is 14.4 Å². The fourth-order valence-electron chi connectivity index (χ4n) is 2.25. The number of carbonyl (C=O) groups is 3. The van der Waals surface area contributed by atoms with Crippen molar-refractivity contribution >= 4 is 23.5 Å². The van der Waals surface area contributed by atoms with Gasteiger partial charge < -0.3 is 15.3 Å². The minimum Gasteiger partial charge on any atom is -0.480 e. The second-order valence-corrected chi connectivity index (χ2v) is 4.57. The summed E-state index contributed by atoms with van der Waals surface area (Å²) in [6.07, 6.45) is 1.15. The molecule has 2 N–H and O–H groups in total. The van der Waals surface area contributed by atoms with Gasteiger partial charge >= 0.3 is 5.97 Å². The number of hydrogen-bond donors (Lipinski definition) is 2. The number of hydrogen-bond acceptors (Lipinski definition) is 3. The Bertz CT molecular complexity index is 568. The number of carbonyl (C=O) groups excluding carboxylic acids is 2. The quantitative estimate of drug-likeness (QED) is 0.851. The largest absolute Gasteiger partial charge is 0.480 e. The summed E-state index contributed by atoms with van der Waals surface area (Å²) in [6, 6.07) is 5.07. The second-order valence-electron chi connectivity index (χ2n) is 4.57. The normalized spacial score (nSPS) is 12.9. The molecule has 1 heterocycles. The van der Waals surface area contributed by atoms with E-state index in [2.05, 4.69) is 5.32 Å². The highest BCUT2D eigenvalue weighted by atomic mass is 16.4. The Hall–Kier alpha value is -2.37. The van der Waals surface area contributed by atoms with Crippen LogP contribution in [0.15, 0.2) is 18.2 Å². The van der Waals surface area contributed by atoms with Crippen molar-refractivity contribution in [3.05, 3.63) is 29.3 Å². The summed E-state index contributed by atoms with van der Waals surface area (Å²) in [6.45, 7) is 2.03. The third-order valence-corrected chi connectivity index (χ3v) is 3.24. The maximum atomic E-state index is 11.8. The van der Waals surface area contributed by atoms with Crippen LogP contribution in [0, 0.1) is 0 Å². The van der Waals surface area contributed by atoms with Crippen LogP contribution in [0.5, 0.6) is 0 Å². The molecule has 106 valence electrons. The SMILES string of the molecule is CCC(=O)N1CCc2cc(C(=O)NCC(=O)O)ccc21. The van der Waals surface area contributed by atoms with Gasteiger partial charge in [-0.15, -0.1) is 0 Å². The van der Waals surface area contributed by atoms with E-state index in [4.69, 9.17) is 5.11 Å². The molecule has 0 saturated carbocycles. The highest BCUT2D eigenvalue weighted by Crippen LogP contribution is 2.29. The highest BCUT2D eigenvalue weighted by Gasteiger charge is 2.24. The van der Waals surface area contributed by atoms with Crippen LogP contribution in [0.1, 0.15) is 29.3 Å². The number of rotatable bonds is 4. The molecule has 0 fully saturated rings. The lowest BCUT2D eigenvalue weighted by molar-refractivity contribution is -0.135. The van der Waals surface area contributed by atoms with E-state index in [0.717, 1.165) is 11.3 Å². The number of benzene rings is 1. The number of carboxylic acids is 1. The number of nitrogens with one attached hydrogen (secondary N) is 1. The predicted molar refractivity (Wildman–Crippen MR) is 72.8 cm³/mol. The van der Waals surface area contributed by atoms with Gasteiger partial charge in [0.2, 0.25) is 5.91 Å². The Kier molecular flexibility index (Phi) is 4.02. The summed E-state index contributed by atoms with van der Waals surface area (Å²) >= 11 is 0. The minimum absolute atomic E-state index is 0.0619. The van der Waals surface area contributed by atoms with Crippen LogP contribution in [0.2, 0.25) is 0 Å². The summed E-state index contributed by atoms with van der Waals surface area (Å²) in [5, 5.41) is 10.8. The molecule has 2 rings (SSSR count). The van der Waals surface area contributed by atoms with E-state index in [0.29, 0.717) is 24.9 Å². The molecule has 1 aliphatic heterocycles. The lowest BCUT2D eigenvalue weighted by atomic mass is 10.1. The smallest absolute Gasteiger partial charge is 0.322 e. The van der Waals surface area contributed by atoms with Gasteiger partial charge in [0, 0.05) is 24.2 Å². The first-order valence-electron chi connectivity index (χ1n) is 6.46. The van der Waals surface area contributed by atoms with Crippen LogP contribution < -0.4 is 10.2 Å². The van der Waals surface area contributed by atoms with Gasteiger partial charge in [-0.1, -0.05) is 6.92 Å². The molecule has 0 atom stereocenters. The van der Waals surface area contributed by atoms with Gasteiger partial charge in [0.25, 0.3) is 5.91 Å². The molecular formula is C14H16N2O4. The molecule has 1 aliphatic rings. The first kappa shape index (κ1) is 14.0. The molecule has 2 amide bonds. The van der Waals surface area contributed by atoms with Gasteiger partial charge in [-0.05, 0) is 30.2 Å². The average Bonchev–Trinajstić information content (AvgIpc) is 2.86. The number of fused-ring (bicyclic) bond motifs is 1. The van der Waals surface area contributed by atoms with E-state index in [1.54, 1.807) is 23.1 Å². The van der Waals surface area contributed by atoms with E-state index >= 15 is 0 Å². The number of carboxylic acid groups (broad SMARTS) is 1. The molecule has 0 spiro atoms. The number of amides is 2. The Balaban J connectivity index is 2.15. The molecule has 0 bridgehead atoms. The van der Waals surface area contributed by atoms with Crippen molar-refractivity contribution in [1.29, 1.82) is 0 Å². The molecular weight excluding hydrogens is 260 g/mol. The third kappa shape index (κ3) is 2.79. The Morgan fingerprint density at radius 3 is 2.75 bits per heavy atom. The van der Waals surface area contributed by atoms with Crippen LogP contribution in [-0.4, -0.2) is 36.0 Å². The zero-order chi connectivity index (χ0) is 14.7. The second kappa shape index (κ2) is 5.73. The van der Waals surface area contributed by atoms with Crippen LogP contribution in [-0.2, 0) is 16.0 Å². The van der Waals surface area contributed by atoms with Crippen molar-refractivity contribution in [3.63, 3.8) is 0 Å². The van der Waals surface area contributed by atoms with Crippen molar-refractivity contribution in [3.8, 4) is 0 Å². The molecule has 0 saturated heterocycles. The van der Waals surface area contributed by atoms with Gasteiger partial charge in [-0.2, -0.15) is 0 Å². The molecule has 6 nitrogen and oxygen atoms in total. The van der Waals surface area contributed by atoms with E-state index in [-0.39, 0.29) is 5.91 Å². The van der Waals surface area contributed by atoms with E-state index in [1.165, 1.54) is 0 Å². The van der Waals surface area contributed by atoms with Crippen molar-refractivity contribution in [2.24, 2.45) is 0 Å². The average molecular weight is 276 g/mol. The van der Waals surface area contributed by atoms with Gasteiger partial charge in [-0.3, -0.25) is 14.4 Å². The molecule has 0 radical (unpaired) electrons. The first-order chi connectivity index (χ1) is 9.52. The first-order valence-corrected chi connectivity index (χ1v) is 6.46.